The van der Waals surface area contributed by atoms with Gasteiger partial charge >= 0.3 is 12.1 Å². The molecule has 12 heteroatoms. The van der Waals surface area contributed by atoms with Crippen LogP contribution in [0.15, 0.2) is 48.5 Å². The Morgan fingerprint density at radius 2 is 1.45 bits per heavy atom. The molecule has 256 valence electrons. The van der Waals surface area contributed by atoms with E-state index in [1.807, 2.05) is 34.6 Å². The van der Waals surface area contributed by atoms with E-state index in [9.17, 15) is 34.1 Å². The van der Waals surface area contributed by atoms with Crippen molar-refractivity contribution in [2.24, 2.45) is 11.8 Å². The van der Waals surface area contributed by atoms with Gasteiger partial charge in [0.25, 0.3) is 5.69 Å². The quantitative estimate of drug-likeness (QED) is 0.0620. The van der Waals surface area contributed by atoms with Gasteiger partial charge in [-0.1, -0.05) is 44.5 Å². The molecule has 2 rings (SSSR count). The number of ether oxygens (including phenoxy) is 3. The van der Waals surface area contributed by atoms with Gasteiger partial charge in [-0.25, -0.2) is 4.79 Å². The monoisotopic (exact) mass is 654 g/mol. The van der Waals surface area contributed by atoms with E-state index >= 15 is 0 Å². The van der Waals surface area contributed by atoms with Gasteiger partial charge in [-0.3, -0.25) is 29.3 Å². The van der Waals surface area contributed by atoms with Crippen LogP contribution in [0.25, 0.3) is 0 Å². The number of benzene rings is 2. The molecule has 0 spiro atoms. The summed E-state index contributed by atoms with van der Waals surface area (Å²) in [5.41, 5.74) is 0.698. The maximum atomic E-state index is 13.0. The van der Waals surface area contributed by atoms with Crippen LogP contribution in [0.2, 0.25) is 0 Å². The van der Waals surface area contributed by atoms with E-state index in [0.717, 1.165) is 0 Å². The molecule has 0 aliphatic heterocycles. The number of rotatable bonds is 18. The molecule has 0 saturated heterocycles. The summed E-state index contributed by atoms with van der Waals surface area (Å²) >= 11 is 0. The highest BCUT2D eigenvalue weighted by Gasteiger charge is 2.27. The molecule has 0 fully saturated rings. The number of hydrogen-bond donors (Lipinski definition) is 1. The van der Waals surface area contributed by atoms with Crippen molar-refractivity contribution < 1.29 is 43.1 Å². The lowest BCUT2D eigenvalue weighted by atomic mass is 9.88. The Morgan fingerprint density at radius 1 is 0.851 bits per heavy atom. The number of carbonyl (C=O) groups is 5. The van der Waals surface area contributed by atoms with Gasteiger partial charge in [0.05, 0.1) is 11.0 Å². The number of unbranched alkanes of at least 4 members (excludes halogenated alkanes) is 2. The van der Waals surface area contributed by atoms with Gasteiger partial charge in [0, 0.05) is 43.7 Å². The summed E-state index contributed by atoms with van der Waals surface area (Å²) in [7, 11) is 0. The molecule has 12 nitrogen and oxygen atoms in total. The Balaban J connectivity index is 1.75. The number of Topliss-reactive ketones (excluding diaryl/α,β-unsaturated/α-hetero) is 2. The van der Waals surface area contributed by atoms with Crippen LogP contribution in [0.1, 0.15) is 91.2 Å². The number of nitro groups is 1. The minimum Gasteiger partial charge on any atom is -0.460 e. The number of nitrogens with one attached hydrogen (secondary N) is 1. The van der Waals surface area contributed by atoms with E-state index in [1.54, 1.807) is 31.2 Å². The zero-order valence-corrected chi connectivity index (χ0v) is 28.0. The number of esters is 1. The number of nitrogens with zero attached hydrogens (tertiary/aromatic N) is 1. The van der Waals surface area contributed by atoms with E-state index in [2.05, 4.69) is 5.32 Å². The molecule has 0 radical (unpaired) electrons. The molecule has 0 heterocycles. The van der Waals surface area contributed by atoms with Crippen molar-refractivity contribution in [2.45, 2.75) is 105 Å². The summed E-state index contributed by atoms with van der Waals surface area (Å²) in [5, 5.41) is 13.5. The summed E-state index contributed by atoms with van der Waals surface area (Å²) in [6.45, 7) is 10.7. The zero-order valence-electron chi connectivity index (χ0n) is 28.0. The van der Waals surface area contributed by atoms with Crippen LogP contribution in [-0.4, -0.2) is 46.2 Å². The van der Waals surface area contributed by atoms with Crippen LogP contribution in [-0.2, 0) is 41.7 Å². The predicted molar refractivity (Wildman–Crippen MR) is 174 cm³/mol. The van der Waals surface area contributed by atoms with E-state index in [4.69, 9.17) is 14.2 Å². The van der Waals surface area contributed by atoms with E-state index in [1.165, 1.54) is 24.3 Å². The van der Waals surface area contributed by atoms with Crippen molar-refractivity contribution >= 4 is 35.3 Å². The van der Waals surface area contributed by atoms with E-state index in [-0.39, 0.29) is 60.2 Å². The number of nitro benzene ring substituents is 1. The third-order valence-electron chi connectivity index (χ3n) is 7.19. The Bertz CT molecular complexity index is 1380. The number of hydrogen-bond acceptors (Lipinski definition) is 10. The normalized spacial score (nSPS) is 12.5. The first-order valence-electron chi connectivity index (χ1n) is 15.8. The van der Waals surface area contributed by atoms with Gasteiger partial charge in [0.2, 0.25) is 5.91 Å². The molecule has 0 aliphatic carbocycles. The number of carbonyl (C=O) groups excluding carboxylic acids is 5. The SMILES string of the molecule is CC(C)[C@H](CC(=O)CCCCCC(=O)OC(C)(C)C)C(=O)N[C@@H](C)C(=O)Cc1ccc(COC(=O)Oc2ccc([N+](=O)[O-])cc2)cc1. The van der Waals surface area contributed by atoms with Gasteiger partial charge in [0.1, 0.15) is 23.7 Å². The number of ketones is 2. The van der Waals surface area contributed by atoms with Gasteiger partial charge in [-0.05, 0) is 69.7 Å². The highest BCUT2D eigenvalue weighted by Crippen LogP contribution is 2.20. The van der Waals surface area contributed by atoms with E-state index < -0.39 is 28.6 Å². The molecule has 2 aromatic rings. The molecule has 0 aliphatic rings. The van der Waals surface area contributed by atoms with Crippen molar-refractivity contribution in [3.63, 3.8) is 0 Å². The summed E-state index contributed by atoms with van der Waals surface area (Å²) in [5.74, 6) is -1.39. The second-order valence-electron chi connectivity index (χ2n) is 12.8. The summed E-state index contributed by atoms with van der Waals surface area (Å²) in [4.78, 5) is 72.5. The number of non-ortho nitro benzene ring substituents is 1. The molecule has 0 saturated carbocycles. The molecule has 1 amide bonds. The Hall–Kier alpha value is -4.61. The average Bonchev–Trinajstić information content (AvgIpc) is 2.98. The van der Waals surface area contributed by atoms with Gasteiger partial charge in [0.15, 0.2) is 5.78 Å². The predicted octanol–water partition coefficient (Wildman–Crippen LogP) is 6.45. The highest BCUT2D eigenvalue weighted by molar-refractivity contribution is 5.92. The smallest absolute Gasteiger partial charge is 0.460 e. The Morgan fingerprint density at radius 3 is 2.02 bits per heavy atom. The van der Waals surface area contributed by atoms with Gasteiger partial charge in [-0.15, -0.1) is 0 Å². The summed E-state index contributed by atoms with van der Waals surface area (Å²) in [6, 6.07) is 11.1. The number of amides is 1. The van der Waals surface area contributed by atoms with Crippen LogP contribution in [0.3, 0.4) is 0 Å². The lowest BCUT2D eigenvalue weighted by Gasteiger charge is -2.22. The summed E-state index contributed by atoms with van der Waals surface area (Å²) < 4.78 is 15.4. The fraction of sp³-hybridized carbons (Fsp3) is 0.514. The van der Waals surface area contributed by atoms with Crippen molar-refractivity contribution in [1.29, 1.82) is 0 Å². The molecule has 0 unspecified atom stereocenters. The van der Waals surface area contributed by atoms with Gasteiger partial charge in [-0.2, -0.15) is 0 Å². The first-order valence-corrected chi connectivity index (χ1v) is 15.8. The minimum absolute atomic E-state index is 0.0289. The largest absolute Gasteiger partial charge is 0.514 e. The van der Waals surface area contributed by atoms with Crippen LogP contribution in [0.5, 0.6) is 5.75 Å². The first-order chi connectivity index (χ1) is 22.0. The van der Waals surface area contributed by atoms with Crippen LogP contribution in [0, 0.1) is 22.0 Å². The lowest BCUT2D eigenvalue weighted by molar-refractivity contribution is -0.384. The second kappa shape index (κ2) is 18.5. The average molecular weight is 655 g/mol. The molecule has 2 atom stereocenters. The summed E-state index contributed by atoms with van der Waals surface area (Å²) in [6.07, 6.45) is 1.77. The fourth-order valence-corrected chi connectivity index (χ4v) is 4.55. The maximum absolute atomic E-state index is 13.0. The molecular formula is C35H46N2O10. The standard InChI is InChI=1S/C35H46N2O10/c1-23(2)30(21-28(38)10-8-7-9-11-32(40)47-35(4,5)6)33(41)36-24(3)31(39)20-25-12-14-26(15-13-25)22-45-34(42)46-29-18-16-27(17-19-29)37(43)44/h12-19,23-24,30H,7-11,20-22H2,1-6H3,(H,36,41)/t24-,30-/m0/s1. The van der Waals surface area contributed by atoms with E-state index in [0.29, 0.717) is 43.2 Å². The van der Waals surface area contributed by atoms with Crippen molar-refractivity contribution in [2.75, 3.05) is 0 Å². The van der Waals surface area contributed by atoms with Crippen LogP contribution >= 0.6 is 0 Å². The second-order valence-corrected chi connectivity index (χ2v) is 12.8. The topological polar surface area (TPSA) is 168 Å². The highest BCUT2D eigenvalue weighted by atomic mass is 16.7. The Kier molecular flexibility index (Phi) is 15.2. The molecule has 0 bridgehead atoms. The molecule has 1 N–H and O–H groups in total. The minimum atomic E-state index is -0.973. The molecule has 2 aromatic carbocycles. The first kappa shape index (κ1) is 38.6. The van der Waals surface area contributed by atoms with Crippen LogP contribution < -0.4 is 10.1 Å². The lowest BCUT2D eigenvalue weighted by Crippen LogP contribution is -2.44. The van der Waals surface area contributed by atoms with Crippen molar-refractivity contribution in [1.82, 2.24) is 5.32 Å². The fourth-order valence-electron chi connectivity index (χ4n) is 4.55. The maximum Gasteiger partial charge on any atom is 0.514 e. The zero-order chi connectivity index (χ0) is 35.1. The van der Waals surface area contributed by atoms with Crippen LogP contribution in [0.4, 0.5) is 10.5 Å². The van der Waals surface area contributed by atoms with Crippen molar-refractivity contribution in [3.05, 3.63) is 69.8 Å². The molecular weight excluding hydrogens is 608 g/mol. The third-order valence-corrected chi connectivity index (χ3v) is 7.19. The van der Waals surface area contributed by atoms with Gasteiger partial charge < -0.3 is 19.5 Å². The molecule has 0 aromatic heterocycles. The van der Waals surface area contributed by atoms with Crippen molar-refractivity contribution in [3.8, 4) is 5.75 Å². The molecule has 47 heavy (non-hydrogen) atoms. The Labute approximate surface area is 275 Å². The third kappa shape index (κ3) is 15.0.